The van der Waals surface area contributed by atoms with E-state index in [0.717, 1.165) is 44.1 Å². The van der Waals surface area contributed by atoms with Gasteiger partial charge in [-0.1, -0.05) is 12.1 Å². The summed E-state index contributed by atoms with van der Waals surface area (Å²) in [4.78, 5) is 4.30. The molecule has 2 rings (SSSR count). The van der Waals surface area contributed by atoms with E-state index in [1.807, 2.05) is 12.1 Å². The predicted octanol–water partition coefficient (Wildman–Crippen LogP) is 2.84. The largest absolute Gasteiger partial charge is 0.381 e. The summed E-state index contributed by atoms with van der Waals surface area (Å²) in [6.07, 6.45) is 1.83. The number of nitrogens with zero attached hydrogens (tertiary/aromatic N) is 1. The fourth-order valence-corrected chi connectivity index (χ4v) is 2.92. The highest BCUT2D eigenvalue weighted by Gasteiger charge is 2.34. The van der Waals surface area contributed by atoms with Crippen LogP contribution in [0.3, 0.4) is 0 Å². The molecule has 0 bridgehead atoms. The second-order valence-electron chi connectivity index (χ2n) is 7.20. The Labute approximate surface area is 138 Å². The van der Waals surface area contributed by atoms with Crippen molar-refractivity contribution in [3.05, 3.63) is 35.6 Å². The van der Waals surface area contributed by atoms with Crippen LogP contribution in [0.1, 0.15) is 39.2 Å². The minimum Gasteiger partial charge on any atom is -0.381 e. The smallest absolute Gasteiger partial charge is 0.191 e. The van der Waals surface area contributed by atoms with Crippen molar-refractivity contribution in [3.8, 4) is 0 Å². The van der Waals surface area contributed by atoms with Crippen LogP contribution in [0.25, 0.3) is 0 Å². The maximum atomic E-state index is 13.3. The normalized spacial score (nSPS) is 18.6. The second kappa shape index (κ2) is 7.30. The molecule has 1 aromatic rings. The monoisotopic (exact) mass is 321 g/mol. The van der Waals surface area contributed by atoms with Crippen molar-refractivity contribution >= 4 is 5.96 Å². The molecule has 1 aliphatic rings. The van der Waals surface area contributed by atoms with E-state index in [-0.39, 0.29) is 16.8 Å². The SMILES string of the molecule is CN=C(NCC1(c2ccc(F)cc2)CCOCC1)NC(C)(C)C. The lowest BCUT2D eigenvalue weighted by molar-refractivity contribution is 0.0513. The van der Waals surface area contributed by atoms with Crippen LogP contribution < -0.4 is 10.6 Å². The molecule has 5 heteroatoms. The summed E-state index contributed by atoms with van der Waals surface area (Å²) in [7, 11) is 1.77. The molecule has 1 heterocycles. The Bertz CT molecular complexity index is 528. The Kier molecular flexibility index (Phi) is 5.63. The quantitative estimate of drug-likeness (QED) is 0.665. The van der Waals surface area contributed by atoms with Crippen LogP contribution in [0.4, 0.5) is 4.39 Å². The van der Waals surface area contributed by atoms with Gasteiger partial charge in [0.25, 0.3) is 0 Å². The fraction of sp³-hybridized carbons (Fsp3) is 0.611. The van der Waals surface area contributed by atoms with Crippen molar-refractivity contribution in [1.82, 2.24) is 10.6 Å². The Hall–Kier alpha value is -1.62. The molecule has 4 nitrogen and oxygen atoms in total. The van der Waals surface area contributed by atoms with E-state index in [1.54, 1.807) is 7.05 Å². The summed E-state index contributed by atoms with van der Waals surface area (Å²) in [6, 6.07) is 6.86. The maximum Gasteiger partial charge on any atom is 0.191 e. The van der Waals surface area contributed by atoms with Gasteiger partial charge in [-0.3, -0.25) is 4.99 Å². The number of hydrogen-bond donors (Lipinski definition) is 2. The number of benzene rings is 1. The Morgan fingerprint density at radius 2 is 1.83 bits per heavy atom. The van der Waals surface area contributed by atoms with Crippen molar-refractivity contribution in [3.63, 3.8) is 0 Å². The maximum absolute atomic E-state index is 13.3. The molecule has 2 N–H and O–H groups in total. The van der Waals surface area contributed by atoms with Gasteiger partial charge in [0.2, 0.25) is 0 Å². The lowest BCUT2D eigenvalue weighted by Crippen LogP contribution is -2.52. The molecule has 0 atom stereocenters. The topological polar surface area (TPSA) is 45.7 Å². The molecular formula is C18H28FN3O. The standard InChI is InChI=1S/C18H28FN3O/c1-17(2,3)22-16(20-4)21-13-18(9-11-23-12-10-18)14-5-7-15(19)8-6-14/h5-8H,9-13H2,1-4H3,(H2,20,21,22). The van der Waals surface area contributed by atoms with Crippen molar-refractivity contribution in [1.29, 1.82) is 0 Å². The van der Waals surface area contributed by atoms with Crippen LogP contribution in [0, 0.1) is 5.82 Å². The molecule has 0 spiro atoms. The molecule has 0 amide bonds. The van der Waals surface area contributed by atoms with Crippen molar-refractivity contribution in [2.75, 3.05) is 26.8 Å². The van der Waals surface area contributed by atoms with E-state index in [0.29, 0.717) is 0 Å². The van der Waals surface area contributed by atoms with Gasteiger partial charge in [0.1, 0.15) is 5.82 Å². The van der Waals surface area contributed by atoms with Gasteiger partial charge in [-0.15, -0.1) is 0 Å². The highest BCUT2D eigenvalue weighted by Crippen LogP contribution is 2.34. The molecule has 23 heavy (non-hydrogen) atoms. The van der Waals surface area contributed by atoms with Gasteiger partial charge in [-0.2, -0.15) is 0 Å². The van der Waals surface area contributed by atoms with Crippen molar-refractivity contribution < 1.29 is 9.13 Å². The first-order valence-electron chi connectivity index (χ1n) is 8.17. The number of aliphatic imine (C=N–C) groups is 1. The number of hydrogen-bond acceptors (Lipinski definition) is 2. The Morgan fingerprint density at radius 1 is 1.22 bits per heavy atom. The average molecular weight is 321 g/mol. The summed E-state index contributed by atoms with van der Waals surface area (Å²) in [6.45, 7) is 8.50. The summed E-state index contributed by atoms with van der Waals surface area (Å²) in [5.74, 6) is 0.583. The summed E-state index contributed by atoms with van der Waals surface area (Å²) < 4.78 is 18.8. The Balaban J connectivity index is 2.14. The van der Waals surface area contributed by atoms with E-state index in [1.165, 1.54) is 12.1 Å². The molecule has 0 aromatic heterocycles. The molecule has 128 valence electrons. The average Bonchev–Trinajstić information content (AvgIpc) is 2.52. The van der Waals surface area contributed by atoms with Crippen LogP contribution >= 0.6 is 0 Å². The highest BCUT2D eigenvalue weighted by molar-refractivity contribution is 5.80. The molecule has 0 saturated carbocycles. The van der Waals surface area contributed by atoms with E-state index in [9.17, 15) is 4.39 Å². The zero-order valence-electron chi connectivity index (χ0n) is 14.6. The van der Waals surface area contributed by atoms with Gasteiger partial charge in [0.15, 0.2) is 5.96 Å². The fourth-order valence-electron chi connectivity index (χ4n) is 2.92. The van der Waals surface area contributed by atoms with E-state index >= 15 is 0 Å². The van der Waals surface area contributed by atoms with Gasteiger partial charge >= 0.3 is 0 Å². The minimum atomic E-state index is -0.200. The van der Waals surface area contributed by atoms with Crippen LogP contribution in [0.5, 0.6) is 0 Å². The lowest BCUT2D eigenvalue weighted by atomic mass is 9.74. The summed E-state index contributed by atoms with van der Waals surface area (Å²) in [5.41, 5.74) is 1.04. The molecule has 1 aromatic carbocycles. The van der Waals surface area contributed by atoms with E-state index in [4.69, 9.17) is 4.74 Å². The first-order chi connectivity index (χ1) is 10.8. The third-order valence-electron chi connectivity index (χ3n) is 4.22. The van der Waals surface area contributed by atoms with Crippen LogP contribution in [-0.4, -0.2) is 38.3 Å². The first-order valence-corrected chi connectivity index (χ1v) is 8.17. The van der Waals surface area contributed by atoms with Gasteiger partial charge in [0.05, 0.1) is 0 Å². The van der Waals surface area contributed by atoms with Crippen molar-refractivity contribution in [2.24, 2.45) is 4.99 Å². The van der Waals surface area contributed by atoms with E-state index in [2.05, 4.69) is 36.4 Å². The third kappa shape index (κ3) is 4.93. The number of halogens is 1. The van der Waals surface area contributed by atoms with Gasteiger partial charge < -0.3 is 15.4 Å². The zero-order valence-corrected chi connectivity index (χ0v) is 14.6. The van der Waals surface area contributed by atoms with Gasteiger partial charge in [0, 0.05) is 37.8 Å². The Morgan fingerprint density at radius 3 is 2.35 bits per heavy atom. The number of guanidine groups is 1. The van der Waals surface area contributed by atoms with Crippen molar-refractivity contribution in [2.45, 2.75) is 44.6 Å². The molecule has 0 aliphatic carbocycles. The number of nitrogens with one attached hydrogen (secondary N) is 2. The van der Waals surface area contributed by atoms with Gasteiger partial charge in [-0.05, 0) is 51.3 Å². The lowest BCUT2D eigenvalue weighted by Gasteiger charge is -2.38. The highest BCUT2D eigenvalue weighted by atomic mass is 19.1. The molecule has 1 fully saturated rings. The minimum absolute atomic E-state index is 0.0541. The second-order valence-corrected chi connectivity index (χ2v) is 7.20. The molecular weight excluding hydrogens is 293 g/mol. The zero-order chi connectivity index (χ0) is 16.9. The van der Waals surface area contributed by atoms with Gasteiger partial charge in [-0.25, -0.2) is 4.39 Å². The first kappa shape index (κ1) is 17.7. The van der Waals surface area contributed by atoms with E-state index < -0.39 is 0 Å². The molecule has 1 aliphatic heterocycles. The predicted molar refractivity (Wildman–Crippen MR) is 92.4 cm³/mol. The molecule has 0 radical (unpaired) electrons. The van der Waals surface area contributed by atoms with Crippen LogP contribution in [0.15, 0.2) is 29.3 Å². The summed E-state index contributed by atoms with van der Waals surface area (Å²) in [5, 5.41) is 6.81. The number of ether oxygens (including phenoxy) is 1. The van der Waals surface area contributed by atoms with Crippen LogP contribution in [-0.2, 0) is 10.2 Å². The van der Waals surface area contributed by atoms with Crippen LogP contribution in [0.2, 0.25) is 0 Å². The third-order valence-corrected chi connectivity index (χ3v) is 4.22. The number of rotatable bonds is 3. The molecule has 1 saturated heterocycles. The molecule has 0 unspecified atom stereocenters. The summed E-state index contributed by atoms with van der Waals surface area (Å²) >= 11 is 0.